The number of nitro benzene ring substituents is 1. The van der Waals surface area contributed by atoms with Gasteiger partial charge >= 0.3 is 0 Å². The highest BCUT2D eigenvalue weighted by molar-refractivity contribution is 9.09. The molecule has 1 N–H and O–H groups in total. The lowest BCUT2D eigenvalue weighted by Crippen LogP contribution is -1.97. The van der Waals surface area contributed by atoms with Crippen LogP contribution in [0.25, 0.3) is 22.5 Å². The van der Waals surface area contributed by atoms with Crippen molar-refractivity contribution in [2.24, 2.45) is 0 Å². The van der Waals surface area contributed by atoms with E-state index in [9.17, 15) is 10.1 Å². The molecule has 0 spiro atoms. The maximum atomic E-state index is 10.7. The van der Waals surface area contributed by atoms with Gasteiger partial charge in [0.1, 0.15) is 5.75 Å². The van der Waals surface area contributed by atoms with Crippen LogP contribution in [0.1, 0.15) is 0 Å². The van der Waals surface area contributed by atoms with Gasteiger partial charge in [-0.15, -0.1) is 0 Å². The van der Waals surface area contributed by atoms with E-state index >= 15 is 0 Å². The van der Waals surface area contributed by atoms with Gasteiger partial charge in [-0.1, -0.05) is 15.9 Å². The third-order valence-electron chi connectivity index (χ3n) is 3.46. The third kappa shape index (κ3) is 3.62. The average Bonchev–Trinajstić information content (AvgIpc) is 3.10. The second kappa shape index (κ2) is 7.27. The number of halogens is 1. The molecular weight excluding hydrogens is 374 g/mol. The fraction of sp³-hybridized carbons (Fsp3) is 0.118. The number of aromatic amines is 1. The van der Waals surface area contributed by atoms with Gasteiger partial charge in [-0.25, -0.2) is 0 Å². The van der Waals surface area contributed by atoms with Crippen molar-refractivity contribution in [3.8, 4) is 28.3 Å². The number of hydrogen-bond acceptors (Lipinski definition) is 4. The molecule has 0 fully saturated rings. The summed E-state index contributed by atoms with van der Waals surface area (Å²) in [5.74, 6) is 0.810. The molecule has 0 radical (unpaired) electrons. The molecule has 0 saturated heterocycles. The van der Waals surface area contributed by atoms with E-state index < -0.39 is 4.92 Å². The van der Waals surface area contributed by atoms with E-state index in [1.165, 1.54) is 12.1 Å². The number of nitrogens with one attached hydrogen (secondary N) is 1. The Balaban J connectivity index is 1.78. The van der Waals surface area contributed by atoms with Crippen molar-refractivity contribution >= 4 is 21.6 Å². The zero-order valence-corrected chi connectivity index (χ0v) is 14.2. The molecule has 122 valence electrons. The molecule has 3 rings (SSSR count). The highest BCUT2D eigenvalue weighted by Gasteiger charge is 2.09. The number of ether oxygens (including phenoxy) is 1. The zero-order valence-electron chi connectivity index (χ0n) is 12.6. The number of aromatic nitrogens is 2. The molecule has 6 nitrogen and oxygen atoms in total. The van der Waals surface area contributed by atoms with E-state index in [-0.39, 0.29) is 5.69 Å². The summed E-state index contributed by atoms with van der Waals surface area (Å²) >= 11 is 3.32. The van der Waals surface area contributed by atoms with Gasteiger partial charge in [0.15, 0.2) is 0 Å². The summed E-state index contributed by atoms with van der Waals surface area (Å²) in [6.07, 6.45) is 0. The Morgan fingerprint density at radius 1 is 1.08 bits per heavy atom. The van der Waals surface area contributed by atoms with E-state index in [0.29, 0.717) is 6.61 Å². The van der Waals surface area contributed by atoms with E-state index in [0.717, 1.165) is 33.6 Å². The summed E-state index contributed by atoms with van der Waals surface area (Å²) in [6, 6.07) is 16.0. The van der Waals surface area contributed by atoms with Gasteiger partial charge in [-0.3, -0.25) is 15.2 Å². The summed E-state index contributed by atoms with van der Waals surface area (Å²) in [4.78, 5) is 10.3. The lowest BCUT2D eigenvalue weighted by atomic mass is 10.1. The van der Waals surface area contributed by atoms with Gasteiger partial charge in [0.2, 0.25) is 0 Å². The first-order chi connectivity index (χ1) is 11.7. The fourth-order valence-corrected chi connectivity index (χ4v) is 2.42. The van der Waals surface area contributed by atoms with Gasteiger partial charge < -0.3 is 4.74 Å². The topological polar surface area (TPSA) is 81.1 Å². The second-order valence-electron chi connectivity index (χ2n) is 5.03. The summed E-state index contributed by atoms with van der Waals surface area (Å²) in [6.45, 7) is 0.617. The molecule has 0 saturated carbocycles. The molecule has 1 heterocycles. The van der Waals surface area contributed by atoms with Gasteiger partial charge in [0.25, 0.3) is 5.69 Å². The van der Waals surface area contributed by atoms with Crippen LogP contribution >= 0.6 is 15.9 Å². The highest BCUT2D eigenvalue weighted by Crippen LogP contribution is 2.26. The van der Waals surface area contributed by atoms with Crippen molar-refractivity contribution in [2.45, 2.75) is 0 Å². The van der Waals surface area contributed by atoms with Crippen LogP contribution in [-0.2, 0) is 0 Å². The molecular formula is C17H14BrN3O3. The summed E-state index contributed by atoms with van der Waals surface area (Å²) in [5.41, 5.74) is 3.48. The molecule has 0 amide bonds. The lowest BCUT2D eigenvalue weighted by Gasteiger charge is -2.04. The minimum Gasteiger partial charge on any atom is -0.493 e. The Kier molecular flexibility index (Phi) is 4.90. The third-order valence-corrected chi connectivity index (χ3v) is 3.79. The van der Waals surface area contributed by atoms with Crippen LogP contribution in [0.4, 0.5) is 5.69 Å². The Morgan fingerprint density at radius 2 is 1.75 bits per heavy atom. The van der Waals surface area contributed by atoms with Crippen molar-refractivity contribution in [3.63, 3.8) is 0 Å². The van der Waals surface area contributed by atoms with Crippen LogP contribution in [0.15, 0.2) is 54.6 Å². The van der Waals surface area contributed by atoms with Crippen LogP contribution in [0.2, 0.25) is 0 Å². The van der Waals surface area contributed by atoms with Crippen LogP contribution in [0.5, 0.6) is 5.75 Å². The van der Waals surface area contributed by atoms with Crippen LogP contribution < -0.4 is 4.74 Å². The number of non-ortho nitro benzene ring substituents is 1. The zero-order chi connectivity index (χ0) is 16.9. The van der Waals surface area contributed by atoms with Crippen LogP contribution in [0, 0.1) is 10.1 Å². The Bertz CT molecular complexity index is 829. The minimum absolute atomic E-state index is 0.0672. The lowest BCUT2D eigenvalue weighted by molar-refractivity contribution is -0.384. The average molecular weight is 388 g/mol. The summed E-state index contributed by atoms with van der Waals surface area (Å²) < 4.78 is 5.52. The number of benzene rings is 2. The maximum Gasteiger partial charge on any atom is 0.269 e. The Labute approximate surface area is 146 Å². The van der Waals surface area contributed by atoms with E-state index in [2.05, 4.69) is 26.1 Å². The molecule has 1 aromatic heterocycles. The van der Waals surface area contributed by atoms with Crippen molar-refractivity contribution < 1.29 is 9.66 Å². The van der Waals surface area contributed by atoms with E-state index in [1.807, 2.05) is 30.3 Å². The molecule has 3 aromatic rings. The number of alkyl halides is 1. The normalized spacial score (nSPS) is 10.5. The monoisotopic (exact) mass is 387 g/mol. The van der Waals surface area contributed by atoms with Crippen molar-refractivity contribution in [3.05, 3.63) is 64.7 Å². The van der Waals surface area contributed by atoms with Gasteiger partial charge in [0.05, 0.1) is 22.9 Å². The molecule has 0 unspecified atom stereocenters. The molecule has 24 heavy (non-hydrogen) atoms. The van der Waals surface area contributed by atoms with E-state index in [1.54, 1.807) is 12.1 Å². The predicted molar refractivity (Wildman–Crippen MR) is 95.4 cm³/mol. The number of H-pyrrole nitrogens is 1. The molecule has 0 bridgehead atoms. The van der Waals surface area contributed by atoms with Crippen LogP contribution in [-0.4, -0.2) is 27.1 Å². The van der Waals surface area contributed by atoms with Gasteiger partial charge in [-0.05, 0) is 42.5 Å². The summed E-state index contributed by atoms with van der Waals surface area (Å²) in [5, 5.41) is 18.8. The first-order valence-corrected chi connectivity index (χ1v) is 8.39. The van der Waals surface area contributed by atoms with Gasteiger partial charge in [-0.2, -0.15) is 5.10 Å². The quantitative estimate of drug-likeness (QED) is 0.385. The minimum atomic E-state index is -0.415. The summed E-state index contributed by atoms with van der Waals surface area (Å²) in [7, 11) is 0. The first-order valence-electron chi connectivity index (χ1n) is 7.27. The SMILES string of the molecule is O=[N+]([O-])c1ccc(-c2cc(-c3ccc(OCCBr)cc3)n[nH]2)cc1. The second-order valence-corrected chi connectivity index (χ2v) is 5.83. The van der Waals surface area contributed by atoms with Crippen molar-refractivity contribution in [2.75, 3.05) is 11.9 Å². The number of nitrogens with zero attached hydrogens (tertiary/aromatic N) is 2. The molecule has 0 atom stereocenters. The highest BCUT2D eigenvalue weighted by atomic mass is 79.9. The molecule has 2 aromatic carbocycles. The van der Waals surface area contributed by atoms with E-state index in [4.69, 9.17) is 4.74 Å². The largest absolute Gasteiger partial charge is 0.493 e. The smallest absolute Gasteiger partial charge is 0.269 e. The molecule has 0 aliphatic heterocycles. The fourth-order valence-electron chi connectivity index (χ4n) is 2.26. The maximum absolute atomic E-state index is 10.7. The first kappa shape index (κ1) is 16.2. The molecule has 0 aliphatic rings. The van der Waals surface area contributed by atoms with Crippen LogP contribution in [0.3, 0.4) is 0 Å². The Morgan fingerprint density at radius 3 is 2.38 bits per heavy atom. The number of rotatable bonds is 6. The number of nitro groups is 1. The molecule has 7 heteroatoms. The predicted octanol–water partition coefficient (Wildman–Crippen LogP) is 4.43. The van der Waals surface area contributed by atoms with Crippen molar-refractivity contribution in [1.82, 2.24) is 10.2 Å². The number of hydrogen-bond donors (Lipinski definition) is 1. The van der Waals surface area contributed by atoms with Crippen molar-refractivity contribution in [1.29, 1.82) is 0 Å². The Hall–Kier alpha value is -2.67. The van der Waals surface area contributed by atoms with Gasteiger partial charge in [0, 0.05) is 28.6 Å². The standard InChI is InChI=1S/C17H14BrN3O3/c18-9-10-24-15-7-3-13(4-8-15)17-11-16(19-20-17)12-1-5-14(6-2-12)21(22)23/h1-8,11H,9-10H2,(H,19,20). The molecule has 0 aliphatic carbocycles.